The maximum Gasteiger partial charge on any atom is 0.306 e. The molecule has 27 heavy (non-hydrogen) atoms. The van der Waals surface area contributed by atoms with Crippen LogP contribution in [-0.4, -0.2) is 26.6 Å². The third kappa shape index (κ3) is 3.82. The highest BCUT2D eigenvalue weighted by Crippen LogP contribution is 2.35. The summed E-state index contributed by atoms with van der Waals surface area (Å²) < 4.78 is 8.31. The zero-order valence-electron chi connectivity index (χ0n) is 15.5. The first kappa shape index (κ1) is 17.6. The second-order valence-corrected chi connectivity index (χ2v) is 7.41. The maximum absolute atomic E-state index is 11.2. The molecule has 4 rings (SSSR count). The first-order chi connectivity index (χ1) is 13.1. The summed E-state index contributed by atoms with van der Waals surface area (Å²) >= 11 is 0. The van der Waals surface area contributed by atoms with E-state index in [2.05, 4.69) is 11.1 Å². The van der Waals surface area contributed by atoms with Crippen LogP contribution < -0.4 is 4.74 Å². The smallest absolute Gasteiger partial charge is 0.306 e. The summed E-state index contributed by atoms with van der Waals surface area (Å²) in [5, 5.41) is 9.23. The minimum absolute atomic E-state index is 0.268. The van der Waals surface area contributed by atoms with E-state index in [1.807, 2.05) is 41.1 Å². The summed E-state index contributed by atoms with van der Waals surface area (Å²) in [5.41, 5.74) is 3.95. The Kier molecular flexibility index (Phi) is 4.84. The van der Waals surface area contributed by atoms with Gasteiger partial charge in [-0.1, -0.05) is 13.0 Å². The van der Waals surface area contributed by atoms with Gasteiger partial charge in [0.15, 0.2) is 0 Å². The molecule has 1 saturated carbocycles. The average Bonchev–Trinajstić information content (AvgIpc) is 3.33. The van der Waals surface area contributed by atoms with Crippen molar-refractivity contribution in [3.63, 3.8) is 0 Å². The summed E-state index contributed by atoms with van der Waals surface area (Å²) in [6.07, 6.45) is 11.1. The number of carbonyl (C=O) groups is 1. The predicted octanol–water partition coefficient (Wildman–Crippen LogP) is 4.59. The molecule has 1 aliphatic rings. The number of nitrogens with zero attached hydrogens (tertiary/aromatic N) is 2. The summed E-state index contributed by atoms with van der Waals surface area (Å²) in [6, 6.07) is 10.1. The molecule has 0 radical (unpaired) electrons. The van der Waals surface area contributed by atoms with Crippen molar-refractivity contribution in [1.82, 2.24) is 9.38 Å². The topological polar surface area (TPSA) is 63.8 Å². The molecular formula is C22H24N2O3. The lowest BCUT2D eigenvalue weighted by Gasteiger charge is -2.18. The van der Waals surface area contributed by atoms with Crippen molar-refractivity contribution in [1.29, 1.82) is 0 Å². The van der Waals surface area contributed by atoms with Gasteiger partial charge in [0.25, 0.3) is 0 Å². The fraction of sp³-hybridized carbons (Fsp3) is 0.364. The first-order valence-electron chi connectivity index (χ1n) is 9.55. The van der Waals surface area contributed by atoms with Crippen LogP contribution in [0.5, 0.6) is 5.75 Å². The normalized spacial score (nSPS) is 15.9. The van der Waals surface area contributed by atoms with Gasteiger partial charge in [0.1, 0.15) is 11.4 Å². The Bertz CT molecular complexity index is 957. The van der Waals surface area contributed by atoms with E-state index in [1.165, 1.54) is 12.8 Å². The van der Waals surface area contributed by atoms with Crippen LogP contribution in [0.15, 0.2) is 48.9 Å². The van der Waals surface area contributed by atoms with Gasteiger partial charge >= 0.3 is 5.97 Å². The number of fused-ring (bicyclic) bond motifs is 1. The molecule has 1 unspecified atom stereocenters. The molecule has 1 aliphatic carbocycles. The van der Waals surface area contributed by atoms with Gasteiger partial charge in [-0.05, 0) is 61.9 Å². The molecule has 5 heteroatoms. The fourth-order valence-electron chi connectivity index (χ4n) is 3.74. The fourth-order valence-corrected chi connectivity index (χ4v) is 3.74. The number of aliphatic carboxylic acids is 1. The third-order valence-electron chi connectivity index (χ3n) is 5.30. The van der Waals surface area contributed by atoms with Gasteiger partial charge in [-0.3, -0.25) is 4.79 Å². The molecule has 1 aromatic carbocycles. The Labute approximate surface area is 158 Å². The molecule has 0 saturated heterocycles. The zero-order chi connectivity index (χ0) is 18.8. The van der Waals surface area contributed by atoms with Crippen molar-refractivity contribution in [3.05, 3.63) is 54.5 Å². The number of hydrogen-bond acceptors (Lipinski definition) is 3. The lowest BCUT2D eigenvalue weighted by atomic mass is 9.97. The number of imidazole rings is 1. The number of ether oxygens (including phenoxy) is 1. The van der Waals surface area contributed by atoms with E-state index in [0.717, 1.165) is 40.9 Å². The van der Waals surface area contributed by atoms with E-state index in [-0.39, 0.29) is 6.10 Å². The van der Waals surface area contributed by atoms with Crippen LogP contribution in [0.2, 0.25) is 0 Å². The van der Waals surface area contributed by atoms with Crippen LogP contribution in [0, 0.1) is 5.92 Å². The summed E-state index contributed by atoms with van der Waals surface area (Å²) in [6.45, 7) is 1.74. The number of hydrogen-bond donors (Lipinski definition) is 1. The van der Waals surface area contributed by atoms with Crippen molar-refractivity contribution in [2.45, 2.75) is 45.1 Å². The van der Waals surface area contributed by atoms with Crippen LogP contribution in [0.3, 0.4) is 0 Å². The van der Waals surface area contributed by atoms with Gasteiger partial charge in [-0.25, -0.2) is 4.98 Å². The quantitative estimate of drug-likeness (QED) is 0.695. The van der Waals surface area contributed by atoms with Gasteiger partial charge in [-0.2, -0.15) is 0 Å². The van der Waals surface area contributed by atoms with Gasteiger partial charge < -0.3 is 14.2 Å². The number of carboxylic acids is 1. The highest BCUT2D eigenvalue weighted by atomic mass is 16.5. The van der Waals surface area contributed by atoms with Crippen LogP contribution >= 0.6 is 0 Å². The number of rotatable bonds is 6. The average molecular weight is 364 g/mol. The SMILES string of the molecule is CC(Cc1ccc(OC2CCCC2)c(-c2ccc3nccn3c2)c1)C(=O)O. The molecule has 2 aromatic heterocycles. The monoisotopic (exact) mass is 364 g/mol. The Morgan fingerprint density at radius 1 is 1.30 bits per heavy atom. The maximum atomic E-state index is 11.2. The second kappa shape index (κ2) is 7.43. The molecule has 0 bridgehead atoms. The standard InChI is InChI=1S/C22H24N2O3/c1-15(22(25)26)12-16-6-8-20(27-18-4-2-3-5-18)19(13-16)17-7-9-21-23-10-11-24(21)14-17/h6-11,13-15,18H,2-5,12H2,1H3,(H,25,26). The van der Waals surface area contributed by atoms with Gasteiger partial charge in [-0.15, -0.1) is 0 Å². The Balaban J connectivity index is 1.72. The Hall–Kier alpha value is -2.82. The second-order valence-electron chi connectivity index (χ2n) is 7.41. The molecule has 0 spiro atoms. The lowest BCUT2D eigenvalue weighted by Crippen LogP contribution is -2.13. The molecule has 1 N–H and O–H groups in total. The molecule has 2 heterocycles. The van der Waals surface area contributed by atoms with E-state index in [4.69, 9.17) is 4.74 Å². The molecule has 1 atom stereocenters. The number of benzene rings is 1. The highest BCUT2D eigenvalue weighted by Gasteiger charge is 2.20. The molecule has 0 aliphatic heterocycles. The van der Waals surface area contributed by atoms with Crippen LogP contribution in [0.1, 0.15) is 38.2 Å². The minimum Gasteiger partial charge on any atom is -0.490 e. The third-order valence-corrected chi connectivity index (χ3v) is 5.30. The zero-order valence-corrected chi connectivity index (χ0v) is 15.5. The first-order valence-corrected chi connectivity index (χ1v) is 9.55. The molecule has 140 valence electrons. The van der Waals surface area contributed by atoms with Gasteiger partial charge in [0, 0.05) is 29.7 Å². The van der Waals surface area contributed by atoms with Crippen LogP contribution in [0.25, 0.3) is 16.8 Å². The molecule has 5 nitrogen and oxygen atoms in total. The number of carboxylic acid groups (broad SMARTS) is 1. The lowest BCUT2D eigenvalue weighted by molar-refractivity contribution is -0.141. The Morgan fingerprint density at radius 2 is 2.11 bits per heavy atom. The molecule has 0 amide bonds. The van der Waals surface area contributed by atoms with Crippen LogP contribution in [-0.2, 0) is 11.2 Å². The minimum atomic E-state index is -0.775. The largest absolute Gasteiger partial charge is 0.490 e. The van der Waals surface area contributed by atoms with Crippen molar-refractivity contribution in [2.75, 3.05) is 0 Å². The Morgan fingerprint density at radius 3 is 2.89 bits per heavy atom. The predicted molar refractivity (Wildman–Crippen MR) is 104 cm³/mol. The van der Waals surface area contributed by atoms with Crippen molar-refractivity contribution < 1.29 is 14.6 Å². The van der Waals surface area contributed by atoms with Gasteiger partial charge in [0.2, 0.25) is 0 Å². The van der Waals surface area contributed by atoms with E-state index in [1.54, 1.807) is 13.1 Å². The van der Waals surface area contributed by atoms with Crippen molar-refractivity contribution in [2.24, 2.45) is 5.92 Å². The molecular weight excluding hydrogens is 340 g/mol. The van der Waals surface area contributed by atoms with Crippen molar-refractivity contribution >= 4 is 11.6 Å². The summed E-state index contributed by atoms with van der Waals surface area (Å²) in [5.74, 6) is -0.327. The van der Waals surface area contributed by atoms with E-state index < -0.39 is 11.9 Å². The van der Waals surface area contributed by atoms with E-state index >= 15 is 0 Å². The summed E-state index contributed by atoms with van der Waals surface area (Å²) in [4.78, 5) is 15.5. The summed E-state index contributed by atoms with van der Waals surface area (Å²) in [7, 11) is 0. The number of pyridine rings is 1. The number of aromatic nitrogens is 2. The van der Waals surface area contributed by atoms with Crippen LogP contribution in [0.4, 0.5) is 0 Å². The molecule has 3 aromatic rings. The highest BCUT2D eigenvalue weighted by molar-refractivity contribution is 5.73. The molecule has 1 fully saturated rings. The van der Waals surface area contributed by atoms with Crippen molar-refractivity contribution in [3.8, 4) is 16.9 Å². The van der Waals surface area contributed by atoms with Gasteiger partial charge in [0.05, 0.1) is 12.0 Å². The van der Waals surface area contributed by atoms with E-state index in [0.29, 0.717) is 6.42 Å². The van der Waals surface area contributed by atoms with E-state index in [9.17, 15) is 9.90 Å².